The summed E-state index contributed by atoms with van der Waals surface area (Å²) >= 11 is 3.30. The summed E-state index contributed by atoms with van der Waals surface area (Å²) < 4.78 is 12.6. The number of hydrogen-bond acceptors (Lipinski definition) is 2. The van der Waals surface area contributed by atoms with Crippen LogP contribution in [-0.2, 0) is 4.84 Å². The summed E-state index contributed by atoms with van der Waals surface area (Å²) in [6.07, 6.45) is 0. The Morgan fingerprint density at radius 3 is 2.57 bits per heavy atom. The monoisotopic (exact) mass is 259 g/mol. The Morgan fingerprint density at radius 2 is 2.07 bits per heavy atom. The van der Waals surface area contributed by atoms with Gasteiger partial charge in [0.1, 0.15) is 12.4 Å². The highest BCUT2D eigenvalue weighted by molar-refractivity contribution is 9.09. The predicted octanol–water partition coefficient (Wildman–Crippen LogP) is 2.96. The quantitative estimate of drug-likeness (QED) is 0.463. The highest BCUT2D eigenvalue weighted by atomic mass is 79.9. The molecule has 0 saturated heterocycles. The zero-order valence-electron chi connectivity index (χ0n) is 7.84. The number of hydrogen-bond donors (Lipinski definition) is 0. The fourth-order valence-electron chi connectivity index (χ4n) is 0.939. The highest BCUT2D eigenvalue weighted by Gasteiger charge is 2.02. The lowest BCUT2D eigenvalue weighted by Crippen LogP contribution is -2.03. The molecule has 0 unspecified atom stereocenters. The third kappa shape index (κ3) is 3.10. The Kier molecular flexibility index (Phi) is 4.59. The van der Waals surface area contributed by atoms with E-state index in [0.29, 0.717) is 11.9 Å². The Morgan fingerprint density at radius 1 is 1.43 bits per heavy atom. The second-order valence-corrected chi connectivity index (χ2v) is 3.16. The van der Waals surface area contributed by atoms with Crippen LogP contribution in [0.25, 0.3) is 0 Å². The van der Waals surface area contributed by atoms with E-state index < -0.39 is 0 Å². The van der Waals surface area contributed by atoms with E-state index in [-0.39, 0.29) is 5.82 Å². The van der Waals surface area contributed by atoms with E-state index in [1.54, 1.807) is 12.1 Å². The standard InChI is InChI=1S/C10H11BrFNO/c1-2-14-13-10(7-11)8-3-5-9(12)6-4-8/h3-6H,2,7H2,1H3. The summed E-state index contributed by atoms with van der Waals surface area (Å²) in [5.74, 6) is -0.251. The molecular weight excluding hydrogens is 249 g/mol. The Labute approximate surface area is 90.9 Å². The third-order valence-corrected chi connectivity index (χ3v) is 2.14. The minimum Gasteiger partial charge on any atom is -0.396 e. The van der Waals surface area contributed by atoms with Crippen LogP contribution in [0, 0.1) is 5.82 Å². The maximum absolute atomic E-state index is 12.6. The summed E-state index contributed by atoms with van der Waals surface area (Å²) in [5, 5.41) is 4.49. The first-order valence-electron chi connectivity index (χ1n) is 4.28. The number of alkyl halides is 1. The van der Waals surface area contributed by atoms with E-state index in [4.69, 9.17) is 4.84 Å². The van der Waals surface area contributed by atoms with Gasteiger partial charge in [0.25, 0.3) is 0 Å². The van der Waals surface area contributed by atoms with Gasteiger partial charge in [-0.15, -0.1) is 0 Å². The van der Waals surface area contributed by atoms with Crippen molar-refractivity contribution in [3.05, 3.63) is 35.6 Å². The Balaban J connectivity index is 2.84. The molecule has 0 aliphatic rings. The molecule has 0 aromatic heterocycles. The smallest absolute Gasteiger partial charge is 0.123 e. The van der Waals surface area contributed by atoms with E-state index in [1.165, 1.54) is 12.1 Å². The van der Waals surface area contributed by atoms with Crippen LogP contribution in [0.1, 0.15) is 12.5 Å². The molecule has 1 rings (SSSR count). The van der Waals surface area contributed by atoms with Crippen molar-refractivity contribution >= 4 is 21.6 Å². The molecule has 0 aliphatic carbocycles. The topological polar surface area (TPSA) is 21.6 Å². The lowest BCUT2D eigenvalue weighted by Gasteiger charge is -2.02. The molecule has 0 fully saturated rings. The zero-order valence-corrected chi connectivity index (χ0v) is 9.42. The first kappa shape index (κ1) is 11.2. The van der Waals surface area contributed by atoms with Crippen molar-refractivity contribution in [2.24, 2.45) is 5.16 Å². The molecule has 76 valence electrons. The maximum Gasteiger partial charge on any atom is 0.123 e. The first-order chi connectivity index (χ1) is 6.77. The van der Waals surface area contributed by atoms with Crippen LogP contribution in [0.5, 0.6) is 0 Å². The number of rotatable bonds is 4. The van der Waals surface area contributed by atoms with Gasteiger partial charge in [0.15, 0.2) is 0 Å². The van der Waals surface area contributed by atoms with Crippen LogP contribution in [0.4, 0.5) is 4.39 Å². The normalized spacial score (nSPS) is 11.5. The summed E-state index contributed by atoms with van der Waals surface area (Å²) in [6, 6.07) is 6.15. The van der Waals surface area contributed by atoms with E-state index in [9.17, 15) is 4.39 Å². The molecule has 4 heteroatoms. The second kappa shape index (κ2) is 5.75. The molecule has 1 aromatic rings. The molecule has 0 aliphatic heterocycles. The molecular formula is C10H11BrFNO. The van der Waals surface area contributed by atoms with E-state index >= 15 is 0 Å². The van der Waals surface area contributed by atoms with Crippen molar-refractivity contribution in [2.45, 2.75) is 6.92 Å². The van der Waals surface area contributed by atoms with Crippen molar-refractivity contribution in [1.82, 2.24) is 0 Å². The van der Waals surface area contributed by atoms with Gasteiger partial charge >= 0.3 is 0 Å². The number of halogens is 2. The highest BCUT2D eigenvalue weighted by Crippen LogP contribution is 2.06. The van der Waals surface area contributed by atoms with Gasteiger partial charge in [0, 0.05) is 10.9 Å². The summed E-state index contributed by atoms with van der Waals surface area (Å²) in [5.41, 5.74) is 1.61. The molecule has 0 bridgehead atoms. The largest absolute Gasteiger partial charge is 0.396 e. The predicted molar refractivity (Wildman–Crippen MR) is 58.4 cm³/mol. The van der Waals surface area contributed by atoms with Gasteiger partial charge in [0.2, 0.25) is 0 Å². The van der Waals surface area contributed by atoms with Crippen LogP contribution < -0.4 is 0 Å². The zero-order chi connectivity index (χ0) is 10.4. The summed E-state index contributed by atoms with van der Waals surface area (Å²) in [4.78, 5) is 4.94. The summed E-state index contributed by atoms with van der Waals surface area (Å²) in [6.45, 7) is 2.39. The minimum atomic E-state index is -0.251. The fraction of sp³-hybridized carbons (Fsp3) is 0.300. The van der Waals surface area contributed by atoms with Gasteiger partial charge in [-0.1, -0.05) is 33.2 Å². The van der Waals surface area contributed by atoms with Crippen LogP contribution in [0.15, 0.2) is 29.4 Å². The first-order valence-corrected chi connectivity index (χ1v) is 5.40. The molecule has 0 amide bonds. The molecule has 1 aromatic carbocycles. The number of nitrogens with zero attached hydrogens (tertiary/aromatic N) is 1. The minimum absolute atomic E-state index is 0.251. The second-order valence-electron chi connectivity index (χ2n) is 2.60. The molecule has 0 heterocycles. The Hall–Kier alpha value is -0.900. The fourth-order valence-corrected chi connectivity index (χ4v) is 1.37. The van der Waals surface area contributed by atoms with Crippen molar-refractivity contribution in [1.29, 1.82) is 0 Å². The molecule has 0 N–H and O–H groups in total. The van der Waals surface area contributed by atoms with Crippen molar-refractivity contribution in [3.8, 4) is 0 Å². The van der Waals surface area contributed by atoms with Crippen LogP contribution in [-0.4, -0.2) is 17.6 Å². The Bertz CT molecular complexity index is 310. The van der Waals surface area contributed by atoms with Crippen LogP contribution in [0.3, 0.4) is 0 Å². The van der Waals surface area contributed by atoms with E-state index in [1.807, 2.05) is 6.92 Å². The van der Waals surface area contributed by atoms with E-state index in [0.717, 1.165) is 11.3 Å². The average molecular weight is 260 g/mol. The van der Waals surface area contributed by atoms with Gasteiger partial charge in [-0.05, 0) is 19.1 Å². The number of oxime groups is 1. The third-order valence-electron chi connectivity index (χ3n) is 1.61. The molecule has 0 saturated carbocycles. The summed E-state index contributed by atoms with van der Waals surface area (Å²) in [7, 11) is 0. The molecule has 0 atom stereocenters. The van der Waals surface area contributed by atoms with Crippen molar-refractivity contribution in [3.63, 3.8) is 0 Å². The van der Waals surface area contributed by atoms with Crippen LogP contribution >= 0.6 is 15.9 Å². The van der Waals surface area contributed by atoms with Crippen molar-refractivity contribution in [2.75, 3.05) is 11.9 Å². The van der Waals surface area contributed by atoms with Gasteiger partial charge in [-0.2, -0.15) is 0 Å². The molecule has 2 nitrogen and oxygen atoms in total. The molecule has 14 heavy (non-hydrogen) atoms. The van der Waals surface area contributed by atoms with Crippen LogP contribution in [0.2, 0.25) is 0 Å². The molecule has 0 radical (unpaired) electrons. The van der Waals surface area contributed by atoms with Gasteiger partial charge in [-0.3, -0.25) is 0 Å². The lowest BCUT2D eigenvalue weighted by atomic mass is 10.1. The average Bonchev–Trinajstić information content (AvgIpc) is 2.21. The van der Waals surface area contributed by atoms with Gasteiger partial charge in [0.05, 0.1) is 5.71 Å². The van der Waals surface area contributed by atoms with Crippen molar-refractivity contribution < 1.29 is 9.23 Å². The van der Waals surface area contributed by atoms with Gasteiger partial charge < -0.3 is 4.84 Å². The van der Waals surface area contributed by atoms with E-state index in [2.05, 4.69) is 21.1 Å². The number of benzene rings is 1. The maximum atomic E-state index is 12.6. The molecule has 0 spiro atoms. The SMILES string of the molecule is CCON=C(CBr)c1ccc(F)cc1. The van der Waals surface area contributed by atoms with Gasteiger partial charge in [-0.25, -0.2) is 4.39 Å². The lowest BCUT2D eigenvalue weighted by molar-refractivity contribution is 0.159.